The molecule has 21 heavy (non-hydrogen) atoms. The van der Waals surface area contributed by atoms with E-state index in [2.05, 4.69) is 5.32 Å². The number of carboxylic acids is 1. The summed E-state index contributed by atoms with van der Waals surface area (Å²) in [4.78, 5) is 24.0. The number of carboxylic acid groups (broad SMARTS) is 1. The maximum atomic E-state index is 12.4. The van der Waals surface area contributed by atoms with Crippen molar-refractivity contribution in [2.45, 2.75) is 77.0 Å². The Balaban J connectivity index is 1.87. The van der Waals surface area contributed by atoms with Gasteiger partial charge in [0.2, 0.25) is 5.91 Å². The first kappa shape index (κ1) is 16.3. The Morgan fingerprint density at radius 1 is 0.905 bits per heavy atom. The smallest absolute Gasteiger partial charge is 0.311 e. The van der Waals surface area contributed by atoms with E-state index in [1.54, 1.807) is 0 Å². The summed E-state index contributed by atoms with van der Waals surface area (Å²) < 4.78 is 0. The summed E-state index contributed by atoms with van der Waals surface area (Å²) in [5.41, 5.74) is -0.713. The third-order valence-corrected chi connectivity index (χ3v) is 5.34. The van der Waals surface area contributed by atoms with Crippen LogP contribution >= 0.6 is 0 Å². The molecule has 0 saturated heterocycles. The quantitative estimate of drug-likeness (QED) is 0.834. The summed E-state index contributed by atoms with van der Waals surface area (Å²) in [6, 6.07) is 0. The lowest BCUT2D eigenvalue weighted by atomic mass is 9.74. The van der Waals surface area contributed by atoms with Gasteiger partial charge in [-0.15, -0.1) is 0 Å². The van der Waals surface area contributed by atoms with E-state index in [-0.39, 0.29) is 11.8 Å². The normalized spacial score (nSPS) is 23.8. The fourth-order valence-corrected chi connectivity index (χ4v) is 3.81. The minimum Gasteiger partial charge on any atom is -0.481 e. The Morgan fingerprint density at radius 3 is 2.00 bits per heavy atom. The molecule has 0 radical (unpaired) electrons. The topological polar surface area (TPSA) is 66.4 Å². The number of amides is 1. The highest BCUT2D eigenvalue weighted by molar-refractivity contribution is 5.80. The molecule has 0 atom stereocenters. The van der Waals surface area contributed by atoms with Crippen molar-refractivity contribution in [3.8, 4) is 0 Å². The third kappa shape index (κ3) is 4.45. The first-order chi connectivity index (χ1) is 10.1. The van der Waals surface area contributed by atoms with E-state index in [0.29, 0.717) is 19.4 Å². The molecule has 2 fully saturated rings. The number of hydrogen-bond acceptors (Lipinski definition) is 2. The first-order valence-corrected chi connectivity index (χ1v) is 8.65. The Kier molecular flexibility index (Phi) is 6.07. The van der Waals surface area contributed by atoms with Gasteiger partial charge in [0, 0.05) is 12.5 Å². The van der Waals surface area contributed by atoms with Crippen LogP contribution in [-0.2, 0) is 9.59 Å². The van der Waals surface area contributed by atoms with Crippen LogP contribution in [0.1, 0.15) is 77.0 Å². The lowest BCUT2D eigenvalue weighted by Crippen LogP contribution is -2.45. The van der Waals surface area contributed by atoms with Gasteiger partial charge in [0.25, 0.3) is 0 Å². The lowest BCUT2D eigenvalue weighted by molar-refractivity contribution is -0.151. The summed E-state index contributed by atoms with van der Waals surface area (Å²) in [6.45, 7) is 0.317. The van der Waals surface area contributed by atoms with Crippen molar-refractivity contribution in [2.75, 3.05) is 6.54 Å². The maximum absolute atomic E-state index is 12.4. The van der Waals surface area contributed by atoms with E-state index in [4.69, 9.17) is 0 Å². The van der Waals surface area contributed by atoms with Crippen molar-refractivity contribution in [3.63, 3.8) is 0 Å². The second-order valence-electron chi connectivity index (χ2n) is 6.91. The summed E-state index contributed by atoms with van der Waals surface area (Å²) in [5, 5.41) is 12.5. The van der Waals surface area contributed by atoms with Crippen LogP contribution in [0.5, 0.6) is 0 Å². The molecule has 120 valence electrons. The molecule has 0 heterocycles. The fourth-order valence-electron chi connectivity index (χ4n) is 3.81. The number of hydrogen-bond donors (Lipinski definition) is 2. The van der Waals surface area contributed by atoms with Crippen molar-refractivity contribution in [3.05, 3.63) is 0 Å². The zero-order valence-electron chi connectivity index (χ0n) is 13.0. The fraction of sp³-hybridized carbons (Fsp3) is 0.882. The van der Waals surface area contributed by atoms with Crippen LogP contribution in [0.15, 0.2) is 0 Å². The average Bonchev–Trinajstić information content (AvgIpc) is 2.45. The van der Waals surface area contributed by atoms with Crippen molar-refractivity contribution in [1.29, 1.82) is 0 Å². The molecule has 2 aliphatic rings. The van der Waals surface area contributed by atoms with Gasteiger partial charge < -0.3 is 10.4 Å². The largest absolute Gasteiger partial charge is 0.481 e. The van der Waals surface area contributed by atoms with Crippen molar-refractivity contribution in [2.24, 2.45) is 11.3 Å². The van der Waals surface area contributed by atoms with E-state index >= 15 is 0 Å². The molecule has 0 aromatic heterocycles. The number of carbonyl (C=O) groups is 2. The molecule has 2 rings (SSSR count). The SMILES string of the molecule is O=C(NCC1(C(=O)O)CCCCC1)C1CCCCCCC1. The Hall–Kier alpha value is -1.06. The van der Waals surface area contributed by atoms with Crippen molar-refractivity contribution in [1.82, 2.24) is 5.32 Å². The summed E-state index contributed by atoms with van der Waals surface area (Å²) in [7, 11) is 0. The monoisotopic (exact) mass is 295 g/mol. The second-order valence-corrected chi connectivity index (χ2v) is 6.91. The highest BCUT2D eigenvalue weighted by Gasteiger charge is 2.40. The Labute approximate surface area is 127 Å². The molecule has 0 unspecified atom stereocenters. The molecule has 0 aromatic carbocycles. The first-order valence-electron chi connectivity index (χ1n) is 8.65. The van der Waals surface area contributed by atoms with Gasteiger partial charge in [0.1, 0.15) is 0 Å². The number of aliphatic carboxylic acids is 1. The zero-order chi connectivity index (χ0) is 15.1. The van der Waals surface area contributed by atoms with Crippen LogP contribution in [0.4, 0.5) is 0 Å². The van der Waals surface area contributed by atoms with Gasteiger partial charge in [-0.3, -0.25) is 9.59 Å². The molecule has 4 nitrogen and oxygen atoms in total. The number of carbonyl (C=O) groups excluding carboxylic acids is 1. The molecule has 0 spiro atoms. The van der Waals surface area contributed by atoms with Gasteiger partial charge in [-0.1, -0.05) is 51.4 Å². The van der Waals surface area contributed by atoms with Crippen LogP contribution in [0.25, 0.3) is 0 Å². The molecule has 2 aliphatic carbocycles. The average molecular weight is 295 g/mol. The Morgan fingerprint density at radius 2 is 1.43 bits per heavy atom. The summed E-state index contributed by atoms with van der Waals surface area (Å²) in [6.07, 6.45) is 12.4. The number of rotatable bonds is 4. The lowest BCUT2D eigenvalue weighted by Gasteiger charge is -2.33. The van der Waals surface area contributed by atoms with Gasteiger partial charge >= 0.3 is 5.97 Å². The van der Waals surface area contributed by atoms with Crippen molar-refractivity contribution >= 4 is 11.9 Å². The molecule has 1 amide bonds. The van der Waals surface area contributed by atoms with Crippen LogP contribution in [0.3, 0.4) is 0 Å². The van der Waals surface area contributed by atoms with Gasteiger partial charge in [-0.25, -0.2) is 0 Å². The van der Waals surface area contributed by atoms with Gasteiger partial charge in [-0.2, -0.15) is 0 Å². The minimum atomic E-state index is -0.736. The van der Waals surface area contributed by atoms with E-state index in [1.165, 1.54) is 19.3 Å². The molecule has 2 N–H and O–H groups in total. The van der Waals surface area contributed by atoms with Gasteiger partial charge in [0.05, 0.1) is 5.41 Å². The van der Waals surface area contributed by atoms with Gasteiger partial charge in [0.15, 0.2) is 0 Å². The molecular formula is C17H29NO3. The zero-order valence-corrected chi connectivity index (χ0v) is 13.0. The summed E-state index contributed by atoms with van der Waals surface area (Å²) in [5.74, 6) is -0.553. The van der Waals surface area contributed by atoms with E-state index in [1.807, 2.05) is 0 Å². The third-order valence-electron chi connectivity index (χ3n) is 5.34. The second kappa shape index (κ2) is 7.81. The van der Waals surface area contributed by atoms with E-state index < -0.39 is 11.4 Å². The number of nitrogens with one attached hydrogen (secondary N) is 1. The molecular weight excluding hydrogens is 266 g/mol. The molecule has 4 heteroatoms. The predicted molar refractivity (Wildman–Crippen MR) is 82.0 cm³/mol. The van der Waals surface area contributed by atoms with Gasteiger partial charge in [-0.05, 0) is 25.7 Å². The molecule has 0 aliphatic heterocycles. The minimum absolute atomic E-state index is 0.0862. The van der Waals surface area contributed by atoms with E-state index in [9.17, 15) is 14.7 Å². The van der Waals surface area contributed by atoms with Crippen LogP contribution in [0, 0.1) is 11.3 Å². The van der Waals surface area contributed by atoms with Crippen LogP contribution < -0.4 is 5.32 Å². The molecule has 2 saturated carbocycles. The predicted octanol–water partition coefficient (Wildman–Crippen LogP) is 3.50. The van der Waals surface area contributed by atoms with Crippen LogP contribution in [0.2, 0.25) is 0 Å². The summed E-state index contributed by atoms with van der Waals surface area (Å²) >= 11 is 0. The van der Waals surface area contributed by atoms with Crippen molar-refractivity contribution < 1.29 is 14.7 Å². The highest BCUT2D eigenvalue weighted by atomic mass is 16.4. The molecule has 0 aromatic rings. The molecule has 0 bridgehead atoms. The maximum Gasteiger partial charge on any atom is 0.311 e. The standard InChI is InChI=1S/C17H29NO3/c19-15(14-9-5-2-1-3-6-10-14)18-13-17(16(20)21)11-7-4-8-12-17/h14H,1-13H2,(H,18,19)(H,20,21). The highest BCUT2D eigenvalue weighted by Crippen LogP contribution is 2.36. The Bertz CT molecular complexity index is 353. The van der Waals surface area contributed by atoms with E-state index in [0.717, 1.165) is 44.9 Å². The van der Waals surface area contributed by atoms with Crippen LogP contribution in [-0.4, -0.2) is 23.5 Å².